The summed E-state index contributed by atoms with van der Waals surface area (Å²) < 4.78 is 5.51. The molecule has 2 aromatic rings. The van der Waals surface area contributed by atoms with Crippen LogP contribution in [0, 0.1) is 13.8 Å². The Morgan fingerprint density at radius 3 is 2.55 bits per heavy atom. The maximum atomic E-state index is 8.76. The highest BCUT2D eigenvalue weighted by Crippen LogP contribution is 2.22. The number of furan rings is 1. The number of rotatable bonds is 7. The summed E-state index contributed by atoms with van der Waals surface area (Å²) >= 11 is 1.77. The lowest BCUT2D eigenvalue weighted by molar-refractivity contribution is 0.296. The standard InChI is InChI=1S/C16H21NO2S/c1-12-10-14(13(2)19-12)11-17-15-4-6-16(7-5-15)20-9-3-8-18/h4-7,10,17-18H,3,8-9,11H2,1-2H3. The molecule has 0 spiro atoms. The van der Waals surface area contributed by atoms with Crippen LogP contribution >= 0.6 is 11.8 Å². The first-order valence-electron chi connectivity index (χ1n) is 6.82. The molecule has 1 heterocycles. The highest BCUT2D eigenvalue weighted by Gasteiger charge is 2.04. The van der Waals surface area contributed by atoms with Crippen molar-refractivity contribution in [3.05, 3.63) is 47.4 Å². The van der Waals surface area contributed by atoms with Crippen LogP contribution in [-0.2, 0) is 6.54 Å². The highest BCUT2D eigenvalue weighted by molar-refractivity contribution is 7.99. The van der Waals surface area contributed by atoms with Crippen molar-refractivity contribution in [3.8, 4) is 0 Å². The summed E-state index contributed by atoms with van der Waals surface area (Å²) in [7, 11) is 0. The molecule has 0 aliphatic carbocycles. The molecule has 0 unspecified atom stereocenters. The molecule has 4 heteroatoms. The maximum absolute atomic E-state index is 8.76. The van der Waals surface area contributed by atoms with Crippen molar-refractivity contribution < 1.29 is 9.52 Å². The quantitative estimate of drug-likeness (QED) is 0.598. The molecule has 1 aromatic heterocycles. The third kappa shape index (κ3) is 4.32. The SMILES string of the molecule is Cc1cc(CNc2ccc(SCCCO)cc2)c(C)o1. The third-order valence-electron chi connectivity index (χ3n) is 3.05. The zero-order chi connectivity index (χ0) is 14.4. The minimum Gasteiger partial charge on any atom is -0.466 e. The van der Waals surface area contributed by atoms with E-state index in [0.717, 1.165) is 35.9 Å². The van der Waals surface area contributed by atoms with Crippen LogP contribution in [0.4, 0.5) is 5.69 Å². The molecular weight excluding hydrogens is 270 g/mol. The summed E-state index contributed by atoms with van der Waals surface area (Å²) in [6.45, 7) is 5.00. The molecule has 2 N–H and O–H groups in total. The molecule has 1 aromatic carbocycles. The smallest absolute Gasteiger partial charge is 0.106 e. The van der Waals surface area contributed by atoms with Crippen molar-refractivity contribution in [1.29, 1.82) is 0 Å². The molecule has 20 heavy (non-hydrogen) atoms. The predicted octanol–water partition coefficient (Wildman–Crippen LogP) is 3.98. The lowest BCUT2D eigenvalue weighted by Crippen LogP contribution is -1.99. The van der Waals surface area contributed by atoms with Crippen LogP contribution in [0.2, 0.25) is 0 Å². The van der Waals surface area contributed by atoms with Gasteiger partial charge in [-0.25, -0.2) is 0 Å². The predicted molar refractivity (Wildman–Crippen MR) is 84.4 cm³/mol. The van der Waals surface area contributed by atoms with Gasteiger partial charge in [0.2, 0.25) is 0 Å². The normalized spacial score (nSPS) is 10.8. The number of aryl methyl sites for hydroxylation is 2. The summed E-state index contributed by atoms with van der Waals surface area (Å²) in [4.78, 5) is 1.24. The maximum Gasteiger partial charge on any atom is 0.106 e. The second kappa shape index (κ2) is 7.41. The number of anilines is 1. The number of aliphatic hydroxyl groups is 1. The fourth-order valence-corrected chi connectivity index (χ4v) is 2.82. The largest absolute Gasteiger partial charge is 0.466 e. The number of hydrogen-bond donors (Lipinski definition) is 2. The van der Waals surface area contributed by atoms with Gasteiger partial charge in [0, 0.05) is 35.1 Å². The Hall–Kier alpha value is -1.39. The summed E-state index contributed by atoms with van der Waals surface area (Å²) in [5.41, 5.74) is 2.30. The van der Waals surface area contributed by atoms with Crippen LogP contribution in [0.25, 0.3) is 0 Å². The van der Waals surface area contributed by atoms with Gasteiger partial charge in [-0.3, -0.25) is 0 Å². The van der Waals surface area contributed by atoms with E-state index in [0.29, 0.717) is 0 Å². The summed E-state index contributed by atoms with van der Waals surface area (Å²) in [6.07, 6.45) is 0.837. The molecule has 0 fully saturated rings. The Morgan fingerprint density at radius 2 is 1.95 bits per heavy atom. The van der Waals surface area contributed by atoms with E-state index in [2.05, 4.69) is 35.6 Å². The highest BCUT2D eigenvalue weighted by atomic mass is 32.2. The van der Waals surface area contributed by atoms with E-state index >= 15 is 0 Å². The van der Waals surface area contributed by atoms with Crippen molar-refractivity contribution >= 4 is 17.4 Å². The first kappa shape index (κ1) is 15.0. The number of benzene rings is 1. The molecule has 0 bridgehead atoms. The van der Waals surface area contributed by atoms with E-state index in [1.807, 2.05) is 13.8 Å². The lowest BCUT2D eigenvalue weighted by Gasteiger charge is -2.07. The van der Waals surface area contributed by atoms with Crippen LogP contribution in [0.15, 0.2) is 39.6 Å². The third-order valence-corrected chi connectivity index (χ3v) is 4.15. The molecule has 0 amide bonds. The Balaban J connectivity index is 1.86. The van der Waals surface area contributed by atoms with Crippen LogP contribution in [-0.4, -0.2) is 17.5 Å². The average Bonchev–Trinajstić information content (AvgIpc) is 2.76. The number of nitrogens with one attached hydrogen (secondary N) is 1. The average molecular weight is 291 g/mol. The molecule has 0 atom stereocenters. The summed E-state index contributed by atoms with van der Waals surface area (Å²) in [5, 5.41) is 12.2. The monoisotopic (exact) mass is 291 g/mol. The van der Waals surface area contributed by atoms with E-state index in [4.69, 9.17) is 9.52 Å². The Labute approximate surface area is 124 Å². The molecular formula is C16H21NO2S. The van der Waals surface area contributed by atoms with Crippen LogP contribution < -0.4 is 5.32 Å². The van der Waals surface area contributed by atoms with E-state index in [1.54, 1.807) is 11.8 Å². The number of thioether (sulfide) groups is 1. The Bertz CT molecular complexity index is 534. The van der Waals surface area contributed by atoms with Gasteiger partial charge in [0.1, 0.15) is 11.5 Å². The number of hydrogen-bond acceptors (Lipinski definition) is 4. The first-order valence-corrected chi connectivity index (χ1v) is 7.81. The van der Waals surface area contributed by atoms with Crippen molar-refractivity contribution in [2.24, 2.45) is 0 Å². The van der Waals surface area contributed by atoms with Gasteiger partial charge in [-0.05, 0) is 50.6 Å². The second-order valence-electron chi connectivity index (χ2n) is 4.74. The van der Waals surface area contributed by atoms with E-state index < -0.39 is 0 Å². The fraction of sp³-hybridized carbons (Fsp3) is 0.375. The zero-order valence-electron chi connectivity index (χ0n) is 12.0. The fourth-order valence-electron chi connectivity index (χ4n) is 1.98. The Kier molecular flexibility index (Phi) is 5.56. The molecule has 0 radical (unpaired) electrons. The van der Waals surface area contributed by atoms with Gasteiger partial charge in [-0.2, -0.15) is 0 Å². The topological polar surface area (TPSA) is 45.4 Å². The molecule has 0 aliphatic heterocycles. The molecule has 3 nitrogen and oxygen atoms in total. The minimum atomic E-state index is 0.260. The second-order valence-corrected chi connectivity index (χ2v) is 5.91. The van der Waals surface area contributed by atoms with Gasteiger partial charge in [0.25, 0.3) is 0 Å². The first-order chi connectivity index (χ1) is 9.69. The van der Waals surface area contributed by atoms with Gasteiger partial charge in [-0.1, -0.05) is 0 Å². The molecule has 0 saturated carbocycles. The molecule has 0 saturated heterocycles. The van der Waals surface area contributed by atoms with Crippen LogP contribution in [0.3, 0.4) is 0 Å². The van der Waals surface area contributed by atoms with Crippen molar-refractivity contribution in [2.75, 3.05) is 17.7 Å². The number of aliphatic hydroxyl groups excluding tert-OH is 1. The molecule has 0 aliphatic rings. The minimum absolute atomic E-state index is 0.260. The van der Waals surface area contributed by atoms with Crippen LogP contribution in [0.1, 0.15) is 23.5 Å². The van der Waals surface area contributed by atoms with Gasteiger partial charge in [-0.15, -0.1) is 11.8 Å². The lowest BCUT2D eigenvalue weighted by atomic mass is 10.2. The van der Waals surface area contributed by atoms with Crippen molar-refractivity contribution in [3.63, 3.8) is 0 Å². The van der Waals surface area contributed by atoms with E-state index in [1.165, 1.54) is 10.5 Å². The van der Waals surface area contributed by atoms with E-state index in [-0.39, 0.29) is 6.61 Å². The van der Waals surface area contributed by atoms with Gasteiger partial charge in [0.15, 0.2) is 0 Å². The van der Waals surface area contributed by atoms with Crippen molar-refractivity contribution in [2.45, 2.75) is 31.7 Å². The van der Waals surface area contributed by atoms with E-state index in [9.17, 15) is 0 Å². The van der Waals surface area contributed by atoms with Gasteiger partial charge >= 0.3 is 0 Å². The Morgan fingerprint density at radius 1 is 1.20 bits per heavy atom. The molecule has 2 rings (SSSR count). The zero-order valence-corrected chi connectivity index (χ0v) is 12.8. The van der Waals surface area contributed by atoms with Crippen molar-refractivity contribution in [1.82, 2.24) is 0 Å². The summed E-state index contributed by atoms with van der Waals surface area (Å²) in [6, 6.07) is 10.5. The molecule has 108 valence electrons. The van der Waals surface area contributed by atoms with Gasteiger partial charge in [0.05, 0.1) is 0 Å². The summed E-state index contributed by atoms with van der Waals surface area (Å²) in [5.74, 6) is 2.89. The van der Waals surface area contributed by atoms with Gasteiger partial charge < -0.3 is 14.8 Å². The van der Waals surface area contributed by atoms with Crippen LogP contribution in [0.5, 0.6) is 0 Å².